The van der Waals surface area contributed by atoms with Gasteiger partial charge in [-0.1, -0.05) is 43.5 Å². The van der Waals surface area contributed by atoms with E-state index in [0.29, 0.717) is 0 Å². The minimum Gasteiger partial charge on any atom is -0.355 e. The van der Waals surface area contributed by atoms with Crippen molar-refractivity contribution in [1.82, 2.24) is 4.98 Å². The summed E-state index contributed by atoms with van der Waals surface area (Å²) in [7, 11) is 0. The molecule has 0 bridgehead atoms. The standard InChI is InChI=1S/C17H18ClN/c1-2-3-4-5-12-6-8-14-15-11-13(18)7-9-16(15)19-17(14)10-12/h6-11,19H,2-5H2,1H3. The zero-order valence-electron chi connectivity index (χ0n) is 11.2. The summed E-state index contributed by atoms with van der Waals surface area (Å²) in [5.74, 6) is 0. The fourth-order valence-corrected chi connectivity index (χ4v) is 2.83. The Morgan fingerprint density at radius 3 is 2.68 bits per heavy atom. The van der Waals surface area contributed by atoms with E-state index >= 15 is 0 Å². The normalized spacial score (nSPS) is 11.5. The highest BCUT2D eigenvalue weighted by Gasteiger charge is 2.05. The number of benzene rings is 2. The number of rotatable bonds is 4. The number of hydrogen-bond donors (Lipinski definition) is 1. The highest BCUT2D eigenvalue weighted by Crippen LogP contribution is 2.28. The molecular formula is C17H18ClN. The molecule has 1 nitrogen and oxygen atoms in total. The molecule has 2 aromatic carbocycles. The van der Waals surface area contributed by atoms with Crippen molar-refractivity contribution in [3.63, 3.8) is 0 Å². The zero-order chi connectivity index (χ0) is 13.2. The van der Waals surface area contributed by atoms with Crippen molar-refractivity contribution in [1.29, 1.82) is 0 Å². The molecule has 0 spiro atoms. The summed E-state index contributed by atoms with van der Waals surface area (Å²) >= 11 is 6.08. The second-order valence-corrected chi connectivity index (χ2v) is 5.59. The molecule has 0 amide bonds. The van der Waals surface area contributed by atoms with E-state index in [1.165, 1.54) is 47.5 Å². The Bertz CT molecular complexity index is 712. The van der Waals surface area contributed by atoms with Crippen LogP contribution in [0, 0.1) is 0 Å². The maximum atomic E-state index is 6.08. The van der Waals surface area contributed by atoms with Gasteiger partial charge in [0.1, 0.15) is 0 Å². The summed E-state index contributed by atoms with van der Waals surface area (Å²) in [4.78, 5) is 3.48. The molecule has 0 aliphatic rings. The van der Waals surface area contributed by atoms with Crippen LogP contribution >= 0.6 is 11.6 Å². The van der Waals surface area contributed by atoms with Crippen LogP contribution in [0.2, 0.25) is 5.02 Å². The summed E-state index contributed by atoms with van der Waals surface area (Å²) in [5.41, 5.74) is 3.79. The minimum atomic E-state index is 0.792. The van der Waals surface area contributed by atoms with Crippen LogP contribution in [0.15, 0.2) is 36.4 Å². The molecule has 1 aromatic heterocycles. The SMILES string of the molecule is CCCCCc1ccc2c(c1)[nH]c1ccc(Cl)cc12. The maximum absolute atomic E-state index is 6.08. The van der Waals surface area contributed by atoms with Gasteiger partial charge in [0.15, 0.2) is 0 Å². The molecular weight excluding hydrogens is 254 g/mol. The lowest BCUT2D eigenvalue weighted by atomic mass is 10.0. The van der Waals surface area contributed by atoms with Gasteiger partial charge in [0.05, 0.1) is 0 Å². The molecule has 0 saturated heterocycles. The lowest BCUT2D eigenvalue weighted by Crippen LogP contribution is -1.85. The molecule has 19 heavy (non-hydrogen) atoms. The highest BCUT2D eigenvalue weighted by atomic mass is 35.5. The third-order valence-corrected chi connectivity index (χ3v) is 3.93. The number of fused-ring (bicyclic) bond motifs is 3. The molecule has 0 unspecified atom stereocenters. The Morgan fingerprint density at radius 1 is 0.947 bits per heavy atom. The third-order valence-electron chi connectivity index (χ3n) is 3.69. The number of hydrogen-bond acceptors (Lipinski definition) is 0. The van der Waals surface area contributed by atoms with Crippen molar-refractivity contribution in [3.05, 3.63) is 47.0 Å². The van der Waals surface area contributed by atoms with E-state index in [0.717, 1.165) is 10.5 Å². The first kappa shape index (κ1) is 12.6. The van der Waals surface area contributed by atoms with Crippen LogP contribution in [0.3, 0.4) is 0 Å². The Labute approximate surface area is 118 Å². The number of nitrogens with one attached hydrogen (secondary N) is 1. The van der Waals surface area contributed by atoms with Crippen LogP contribution in [0.4, 0.5) is 0 Å². The molecule has 0 fully saturated rings. The minimum absolute atomic E-state index is 0.792. The van der Waals surface area contributed by atoms with Crippen molar-refractivity contribution in [2.24, 2.45) is 0 Å². The van der Waals surface area contributed by atoms with E-state index in [9.17, 15) is 0 Å². The fraction of sp³-hybridized carbons (Fsp3) is 0.294. The average Bonchev–Trinajstić information content (AvgIpc) is 2.76. The van der Waals surface area contributed by atoms with Gasteiger partial charge in [-0.05, 0) is 42.7 Å². The summed E-state index contributed by atoms with van der Waals surface area (Å²) in [6.45, 7) is 2.24. The molecule has 1 N–H and O–H groups in total. The van der Waals surface area contributed by atoms with Gasteiger partial charge in [0.2, 0.25) is 0 Å². The van der Waals surface area contributed by atoms with E-state index in [4.69, 9.17) is 11.6 Å². The van der Waals surface area contributed by atoms with E-state index < -0.39 is 0 Å². The van der Waals surface area contributed by atoms with Gasteiger partial charge < -0.3 is 4.98 Å². The molecule has 3 rings (SSSR count). The van der Waals surface area contributed by atoms with Crippen LogP contribution in [0.1, 0.15) is 31.7 Å². The van der Waals surface area contributed by atoms with Crippen LogP contribution in [-0.2, 0) is 6.42 Å². The van der Waals surface area contributed by atoms with Crippen LogP contribution < -0.4 is 0 Å². The van der Waals surface area contributed by atoms with Crippen LogP contribution in [0.5, 0.6) is 0 Å². The molecule has 0 atom stereocenters. The average molecular weight is 272 g/mol. The molecule has 0 aliphatic carbocycles. The number of halogens is 1. The first-order chi connectivity index (χ1) is 9.28. The van der Waals surface area contributed by atoms with Crippen molar-refractivity contribution < 1.29 is 0 Å². The van der Waals surface area contributed by atoms with Gasteiger partial charge in [-0.3, -0.25) is 0 Å². The number of aryl methyl sites for hydroxylation is 1. The van der Waals surface area contributed by atoms with E-state index in [1.807, 2.05) is 12.1 Å². The number of unbranched alkanes of at least 4 members (excludes halogenated alkanes) is 2. The van der Waals surface area contributed by atoms with E-state index in [-0.39, 0.29) is 0 Å². The molecule has 0 saturated carbocycles. The van der Waals surface area contributed by atoms with Gasteiger partial charge in [-0.25, -0.2) is 0 Å². The second kappa shape index (κ2) is 5.26. The largest absolute Gasteiger partial charge is 0.355 e. The first-order valence-corrected chi connectivity index (χ1v) is 7.35. The zero-order valence-corrected chi connectivity index (χ0v) is 11.9. The second-order valence-electron chi connectivity index (χ2n) is 5.15. The summed E-state index contributed by atoms with van der Waals surface area (Å²) in [6, 6.07) is 12.7. The molecule has 98 valence electrons. The van der Waals surface area contributed by atoms with Crippen molar-refractivity contribution in [2.75, 3.05) is 0 Å². The van der Waals surface area contributed by atoms with Crippen molar-refractivity contribution >= 4 is 33.4 Å². The Balaban J connectivity index is 2.01. The monoisotopic (exact) mass is 271 g/mol. The Hall–Kier alpha value is -1.47. The smallest absolute Gasteiger partial charge is 0.0467 e. The maximum Gasteiger partial charge on any atom is 0.0467 e. The van der Waals surface area contributed by atoms with Gasteiger partial charge in [-0.2, -0.15) is 0 Å². The number of aromatic nitrogens is 1. The van der Waals surface area contributed by atoms with E-state index in [2.05, 4.69) is 36.2 Å². The third kappa shape index (κ3) is 2.48. The molecule has 2 heteroatoms. The lowest BCUT2D eigenvalue weighted by molar-refractivity contribution is 0.718. The molecule has 1 heterocycles. The summed E-state index contributed by atoms with van der Waals surface area (Å²) in [5, 5.41) is 3.26. The molecule has 0 aliphatic heterocycles. The van der Waals surface area contributed by atoms with E-state index in [1.54, 1.807) is 0 Å². The predicted octanol–water partition coefficient (Wildman–Crippen LogP) is 5.71. The Kier molecular flexibility index (Phi) is 3.48. The summed E-state index contributed by atoms with van der Waals surface area (Å²) in [6.07, 6.45) is 5.02. The fourth-order valence-electron chi connectivity index (χ4n) is 2.66. The van der Waals surface area contributed by atoms with Crippen LogP contribution in [0.25, 0.3) is 21.8 Å². The van der Waals surface area contributed by atoms with Gasteiger partial charge in [0.25, 0.3) is 0 Å². The number of H-pyrrole nitrogens is 1. The lowest BCUT2D eigenvalue weighted by Gasteiger charge is -2.01. The van der Waals surface area contributed by atoms with Gasteiger partial charge in [0, 0.05) is 26.8 Å². The summed E-state index contributed by atoms with van der Waals surface area (Å²) < 4.78 is 0. The number of aromatic amines is 1. The quantitative estimate of drug-likeness (QED) is 0.585. The van der Waals surface area contributed by atoms with Crippen molar-refractivity contribution in [3.8, 4) is 0 Å². The van der Waals surface area contributed by atoms with Crippen LogP contribution in [-0.4, -0.2) is 4.98 Å². The molecule has 0 radical (unpaired) electrons. The Morgan fingerprint density at radius 2 is 1.84 bits per heavy atom. The van der Waals surface area contributed by atoms with Gasteiger partial charge in [-0.15, -0.1) is 0 Å². The topological polar surface area (TPSA) is 15.8 Å². The van der Waals surface area contributed by atoms with Gasteiger partial charge >= 0.3 is 0 Å². The predicted molar refractivity (Wildman–Crippen MR) is 84.0 cm³/mol. The molecule has 3 aromatic rings. The first-order valence-electron chi connectivity index (χ1n) is 6.98. The van der Waals surface area contributed by atoms with Crippen molar-refractivity contribution in [2.45, 2.75) is 32.6 Å². The highest BCUT2D eigenvalue weighted by molar-refractivity contribution is 6.31.